The Bertz CT molecular complexity index is 628. The van der Waals surface area contributed by atoms with E-state index >= 15 is 0 Å². The van der Waals surface area contributed by atoms with Gasteiger partial charge < -0.3 is 9.13 Å². The standard InChI is InChI=1S/C13H15I2N3O/c1-4-18-8(2)5-10(9(18)3)11(19)6-17-7-16-12(14)13(17)15/h5,7H,4,6H2,1-3H3. The molecule has 0 aliphatic rings. The minimum absolute atomic E-state index is 0.138. The molecule has 0 N–H and O–H groups in total. The number of rotatable bonds is 4. The Morgan fingerprint density at radius 2 is 2.05 bits per heavy atom. The number of hydrogen-bond acceptors (Lipinski definition) is 2. The minimum atomic E-state index is 0.138. The summed E-state index contributed by atoms with van der Waals surface area (Å²) < 4.78 is 6.00. The molecule has 2 rings (SSSR count). The lowest BCUT2D eigenvalue weighted by atomic mass is 10.1. The van der Waals surface area contributed by atoms with Gasteiger partial charge in [-0.25, -0.2) is 4.98 Å². The molecule has 0 aromatic carbocycles. The van der Waals surface area contributed by atoms with Crippen LogP contribution in [0.15, 0.2) is 12.4 Å². The van der Waals surface area contributed by atoms with Gasteiger partial charge in [-0.2, -0.15) is 0 Å². The van der Waals surface area contributed by atoms with Crippen molar-refractivity contribution in [3.05, 3.63) is 36.7 Å². The number of hydrogen-bond donors (Lipinski definition) is 0. The van der Waals surface area contributed by atoms with Gasteiger partial charge in [0.05, 0.1) is 12.9 Å². The average molecular weight is 483 g/mol. The van der Waals surface area contributed by atoms with Crippen molar-refractivity contribution in [3.63, 3.8) is 0 Å². The number of carbonyl (C=O) groups is 1. The lowest BCUT2D eigenvalue weighted by Crippen LogP contribution is -2.12. The molecule has 102 valence electrons. The molecule has 4 nitrogen and oxygen atoms in total. The highest BCUT2D eigenvalue weighted by Gasteiger charge is 2.16. The van der Waals surface area contributed by atoms with Gasteiger partial charge in [-0.1, -0.05) is 0 Å². The predicted octanol–water partition coefficient (Wildman–Crippen LogP) is 3.41. The van der Waals surface area contributed by atoms with Crippen LogP contribution in [-0.4, -0.2) is 19.9 Å². The Hall–Kier alpha value is -0.380. The molecule has 6 heteroatoms. The van der Waals surface area contributed by atoms with Crippen molar-refractivity contribution in [2.75, 3.05) is 0 Å². The maximum absolute atomic E-state index is 12.4. The zero-order chi connectivity index (χ0) is 14.2. The van der Waals surface area contributed by atoms with E-state index in [1.165, 1.54) is 0 Å². The van der Waals surface area contributed by atoms with Gasteiger partial charge in [0.1, 0.15) is 7.40 Å². The molecule has 0 radical (unpaired) electrons. The van der Waals surface area contributed by atoms with Crippen LogP contribution < -0.4 is 0 Å². The predicted molar refractivity (Wildman–Crippen MR) is 91.6 cm³/mol. The van der Waals surface area contributed by atoms with E-state index in [4.69, 9.17) is 0 Å². The van der Waals surface area contributed by atoms with Crippen LogP contribution in [0.2, 0.25) is 0 Å². The molecule has 0 amide bonds. The molecular formula is C13H15I2N3O. The first-order valence-corrected chi connectivity index (χ1v) is 8.17. The van der Waals surface area contributed by atoms with Crippen LogP contribution in [0, 0.1) is 21.2 Å². The van der Waals surface area contributed by atoms with Gasteiger partial charge in [-0.3, -0.25) is 4.79 Å². The van der Waals surface area contributed by atoms with E-state index in [1.54, 1.807) is 6.33 Å². The highest BCUT2D eigenvalue weighted by atomic mass is 127. The average Bonchev–Trinajstić information content (AvgIpc) is 2.83. The van der Waals surface area contributed by atoms with E-state index in [2.05, 4.69) is 61.7 Å². The summed E-state index contributed by atoms with van der Waals surface area (Å²) in [6.45, 7) is 7.38. The van der Waals surface area contributed by atoms with Gasteiger partial charge in [-0.15, -0.1) is 0 Å². The highest BCUT2D eigenvalue weighted by Crippen LogP contribution is 2.18. The Morgan fingerprint density at radius 3 is 2.53 bits per heavy atom. The molecule has 0 saturated carbocycles. The summed E-state index contributed by atoms with van der Waals surface area (Å²) >= 11 is 4.39. The van der Waals surface area contributed by atoms with E-state index in [-0.39, 0.29) is 5.78 Å². The summed E-state index contributed by atoms with van der Waals surface area (Å²) in [5.41, 5.74) is 3.01. The monoisotopic (exact) mass is 483 g/mol. The molecule has 0 bridgehead atoms. The van der Waals surface area contributed by atoms with Crippen LogP contribution >= 0.6 is 45.2 Å². The van der Waals surface area contributed by atoms with E-state index in [0.29, 0.717) is 6.54 Å². The molecule has 0 aliphatic heterocycles. The molecule has 2 aromatic rings. The number of Topliss-reactive ketones (excluding diaryl/α,β-unsaturated/α-hetero) is 1. The van der Waals surface area contributed by atoms with Crippen LogP contribution in [0.1, 0.15) is 28.7 Å². The fraction of sp³-hybridized carbons (Fsp3) is 0.385. The molecule has 0 atom stereocenters. The molecule has 0 unspecified atom stereocenters. The van der Waals surface area contributed by atoms with Crippen molar-refractivity contribution in [3.8, 4) is 0 Å². The maximum atomic E-state index is 12.4. The van der Waals surface area contributed by atoms with Crippen LogP contribution in [-0.2, 0) is 13.1 Å². The minimum Gasteiger partial charge on any atom is -0.349 e. The Labute approximate surface area is 139 Å². The first-order chi connectivity index (χ1) is 8.95. The number of imidazole rings is 1. The fourth-order valence-electron chi connectivity index (χ4n) is 2.26. The van der Waals surface area contributed by atoms with Crippen LogP contribution in [0.4, 0.5) is 0 Å². The number of aromatic nitrogens is 3. The number of carbonyl (C=O) groups excluding carboxylic acids is 1. The van der Waals surface area contributed by atoms with Crippen molar-refractivity contribution in [1.29, 1.82) is 0 Å². The van der Waals surface area contributed by atoms with Gasteiger partial charge in [0.25, 0.3) is 0 Å². The summed E-state index contributed by atoms with van der Waals surface area (Å²) in [6.07, 6.45) is 1.72. The van der Waals surface area contributed by atoms with E-state index in [9.17, 15) is 4.79 Å². The second kappa shape index (κ2) is 5.94. The largest absolute Gasteiger partial charge is 0.349 e. The number of ketones is 1. The van der Waals surface area contributed by atoms with Gasteiger partial charge in [-0.05, 0) is 72.0 Å². The second-order valence-corrected chi connectivity index (χ2v) is 6.45. The highest BCUT2D eigenvalue weighted by molar-refractivity contribution is 14.1. The zero-order valence-corrected chi connectivity index (χ0v) is 15.4. The Balaban J connectivity index is 2.28. The molecule has 2 aromatic heterocycles. The maximum Gasteiger partial charge on any atom is 0.184 e. The van der Waals surface area contributed by atoms with E-state index < -0.39 is 0 Å². The summed E-state index contributed by atoms with van der Waals surface area (Å²) in [5, 5.41) is 0. The molecule has 19 heavy (non-hydrogen) atoms. The van der Waals surface area contributed by atoms with Crippen molar-refractivity contribution in [2.45, 2.75) is 33.9 Å². The third-order valence-corrected chi connectivity index (χ3v) is 6.19. The van der Waals surface area contributed by atoms with Crippen molar-refractivity contribution >= 4 is 51.0 Å². The van der Waals surface area contributed by atoms with E-state index in [0.717, 1.165) is 30.9 Å². The first-order valence-electron chi connectivity index (χ1n) is 6.01. The van der Waals surface area contributed by atoms with Crippen LogP contribution in [0.3, 0.4) is 0 Å². The van der Waals surface area contributed by atoms with Gasteiger partial charge >= 0.3 is 0 Å². The molecule has 0 saturated heterocycles. The normalized spacial score (nSPS) is 11.0. The molecule has 2 heterocycles. The van der Waals surface area contributed by atoms with Crippen LogP contribution in [0.25, 0.3) is 0 Å². The lowest BCUT2D eigenvalue weighted by Gasteiger charge is -2.06. The fourth-order valence-corrected chi connectivity index (χ4v) is 3.13. The molecule has 0 fully saturated rings. The van der Waals surface area contributed by atoms with Gasteiger partial charge in [0.15, 0.2) is 5.78 Å². The Kier molecular flexibility index (Phi) is 4.70. The topological polar surface area (TPSA) is 39.8 Å². The second-order valence-electron chi connectivity index (χ2n) is 4.41. The summed E-state index contributed by atoms with van der Waals surface area (Å²) in [7, 11) is 0. The number of aryl methyl sites for hydroxylation is 1. The third-order valence-electron chi connectivity index (χ3n) is 3.24. The van der Waals surface area contributed by atoms with E-state index in [1.807, 2.05) is 24.5 Å². The smallest absolute Gasteiger partial charge is 0.184 e. The van der Waals surface area contributed by atoms with Gasteiger partial charge in [0, 0.05) is 23.5 Å². The van der Waals surface area contributed by atoms with Gasteiger partial charge in [0.2, 0.25) is 0 Å². The third kappa shape index (κ3) is 2.88. The van der Waals surface area contributed by atoms with Crippen molar-refractivity contribution in [2.24, 2.45) is 0 Å². The lowest BCUT2D eigenvalue weighted by molar-refractivity contribution is 0.0970. The quantitative estimate of drug-likeness (QED) is 0.495. The van der Waals surface area contributed by atoms with Crippen molar-refractivity contribution in [1.82, 2.24) is 14.1 Å². The molecule has 0 spiro atoms. The summed E-state index contributed by atoms with van der Waals surface area (Å²) in [4.78, 5) is 16.6. The summed E-state index contributed by atoms with van der Waals surface area (Å²) in [5.74, 6) is 0.138. The molecule has 0 aliphatic carbocycles. The van der Waals surface area contributed by atoms with Crippen LogP contribution in [0.5, 0.6) is 0 Å². The first kappa shape index (κ1) is 15.0. The van der Waals surface area contributed by atoms with Crippen molar-refractivity contribution < 1.29 is 4.79 Å². The Morgan fingerprint density at radius 1 is 1.37 bits per heavy atom. The SMILES string of the molecule is CCn1c(C)cc(C(=O)Cn2cnc(I)c2I)c1C. The summed E-state index contributed by atoms with van der Waals surface area (Å²) in [6, 6.07) is 1.98. The molecular weight excluding hydrogens is 468 g/mol. The number of halogens is 2. The zero-order valence-electron chi connectivity index (χ0n) is 11.1. The number of nitrogens with zero attached hydrogens (tertiary/aromatic N) is 3.